The van der Waals surface area contributed by atoms with Crippen LogP contribution >= 0.6 is 11.3 Å². The molecule has 0 unspecified atom stereocenters. The fourth-order valence-electron chi connectivity index (χ4n) is 2.28. The molecule has 0 aliphatic carbocycles. The van der Waals surface area contributed by atoms with Crippen molar-refractivity contribution in [1.82, 2.24) is 15.5 Å². The topological polar surface area (TPSA) is 87.7 Å². The Morgan fingerprint density at radius 1 is 1.46 bits per heavy atom. The summed E-state index contributed by atoms with van der Waals surface area (Å²) in [7, 11) is 1.79. The van der Waals surface area contributed by atoms with E-state index in [4.69, 9.17) is 4.74 Å². The summed E-state index contributed by atoms with van der Waals surface area (Å²) in [6, 6.07) is 0. The van der Waals surface area contributed by atoms with Crippen molar-refractivity contribution in [2.45, 2.75) is 39.2 Å². The molecule has 2 amide bonds. The predicted molar refractivity (Wildman–Crippen MR) is 93.5 cm³/mol. The third-order valence-electron chi connectivity index (χ3n) is 3.51. The molecule has 1 aliphatic heterocycles. The zero-order valence-corrected chi connectivity index (χ0v) is 15.3. The second-order valence-corrected chi connectivity index (χ2v) is 6.93. The molecule has 134 valence electrons. The van der Waals surface area contributed by atoms with Gasteiger partial charge in [0.25, 0.3) is 0 Å². The monoisotopic (exact) mass is 355 g/mol. The summed E-state index contributed by atoms with van der Waals surface area (Å²) in [4.78, 5) is 27.1. The number of likely N-dealkylation sites (N-methyl/N-ethyl adjacent to an activating group) is 1. The fourth-order valence-corrected chi connectivity index (χ4v) is 3.13. The SMILES string of the molecule is CC(C)OCCCNC(=O)CN(C)c1nnc(N2CCCC2=O)s1. The molecule has 1 aromatic rings. The van der Waals surface area contributed by atoms with E-state index in [-0.39, 0.29) is 24.5 Å². The number of hydrogen-bond acceptors (Lipinski definition) is 7. The lowest BCUT2D eigenvalue weighted by atomic mass is 10.4. The number of aromatic nitrogens is 2. The molecule has 2 rings (SSSR count). The lowest BCUT2D eigenvalue weighted by Gasteiger charge is -2.15. The van der Waals surface area contributed by atoms with E-state index < -0.39 is 0 Å². The molecule has 1 N–H and O–H groups in total. The van der Waals surface area contributed by atoms with Crippen LogP contribution in [-0.2, 0) is 14.3 Å². The van der Waals surface area contributed by atoms with Crippen molar-refractivity contribution in [1.29, 1.82) is 0 Å². The summed E-state index contributed by atoms with van der Waals surface area (Å²) >= 11 is 1.33. The van der Waals surface area contributed by atoms with Crippen LogP contribution in [0.3, 0.4) is 0 Å². The van der Waals surface area contributed by atoms with Gasteiger partial charge in [0.1, 0.15) is 0 Å². The van der Waals surface area contributed by atoms with E-state index in [9.17, 15) is 9.59 Å². The van der Waals surface area contributed by atoms with E-state index in [1.165, 1.54) is 11.3 Å². The quantitative estimate of drug-likeness (QED) is 0.666. The van der Waals surface area contributed by atoms with E-state index in [0.717, 1.165) is 12.8 Å². The van der Waals surface area contributed by atoms with Gasteiger partial charge in [-0.15, -0.1) is 10.2 Å². The molecular weight excluding hydrogens is 330 g/mol. The highest BCUT2D eigenvalue weighted by Crippen LogP contribution is 2.29. The molecule has 0 spiro atoms. The van der Waals surface area contributed by atoms with Gasteiger partial charge in [0.05, 0.1) is 12.6 Å². The van der Waals surface area contributed by atoms with Gasteiger partial charge in [-0.1, -0.05) is 11.3 Å². The first-order valence-electron chi connectivity index (χ1n) is 8.20. The van der Waals surface area contributed by atoms with E-state index >= 15 is 0 Å². The molecule has 1 aromatic heterocycles. The smallest absolute Gasteiger partial charge is 0.239 e. The van der Waals surface area contributed by atoms with Gasteiger partial charge in [-0.2, -0.15) is 0 Å². The standard InChI is InChI=1S/C15H25N5O3S/c1-11(2)23-9-5-7-16-12(21)10-19(3)14-17-18-15(24-14)20-8-4-6-13(20)22/h11H,4-10H2,1-3H3,(H,16,21). The Balaban J connectivity index is 1.74. The fraction of sp³-hybridized carbons (Fsp3) is 0.733. The Hall–Kier alpha value is -1.74. The highest BCUT2D eigenvalue weighted by atomic mass is 32.1. The van der Waals surface area contributed by atoms with Crippen LogP contribution in [-0.4, -0.2) is 61.4 Å². The predicted octanol–water partition coefficient (Wildman–Crippen LogP) is 1.03. The minimum Gasteiger partial charge on any atom is -0.379 e. The van der Waals surface area contributed by atoms with Gasteiger partial charge in [0.2, 0.25) is 22.1 Å². The van der Waals surface area contributed by atoms with Gasteiger partial charge >= 0.3 is 0 Å². The number of carbonyl (C=O) groups excluding carboxylic acids is 2. The molecule has 0 atom stereocenters. The minimum atomic E-state index is -0.0731. The zero-order valence-electron chi connectivity index (χ0n) is 14.4. The molecule has 1 saturated heterocycles. The summed E-state index contributed by atoms with van der Waals surface area (Å²) < 4.78 is 5.42. The van der Waals surface area contributed by atoms with E-state index in [2.05, 4.69) is 15.5 Å². The first-order chi connectivity index (χ1) is 11.5. The first kappa shape index (κ1) is 18.6. The summed E-state index contributed by atoms with van der Waals surface area (Å²) in [6.07, 6.45) is 2.41. The van der Waals surface area contributed by atoms with Crippen molar-refractivity contribution >= 4 is 33.4 Å². The van der Waals surface area contributed by atoms with Crippen LogP contribution in [0.15, 0.2) is 0 Å². The van der Waals surface area contributed by atoms with Crippen LogP contribution in [0.25, 0.3) is 0 Å². The lowest BCUT2D eigenvalue weighted by Crippen LogP contribution is -2.35. The molecule has 0 radical (unpaired) electrons. The molecular formula is C15H25N5O3S. The maximum Gasteiger partial charge on any atom is 0.239 e. The molecule has 8 nitrogen and oxygen atoms in total. The largest absolute Gasteiger partial charge is 0.379 e. The molecule has 2 heterocycles. The van der Waals surface area contributed by atoms with Crippen molar-refractivity contribution in [2.24, 2.45) is 0 Å². The molecule has 9 heteroatoms. The number of amides is 2. The molecule has 0 bridgehead atoms. The first-order valence-corrected chi connectivity index (χ1v) is 9.02. The number of anilines is 2. The maximum atomic E-state index is 11.9. The van der Waals surface area contributed by atoms with Crippen LogP contribution < -0.4 is 15.1 Å². The Morgan fingerprint density at radius 3 is 2.92 bits per heavy atom. The minimum absolute atomic E-state index is 0.0731. The van der Waals surface area contributed by atoms with Crippen LogP contribution in [0.1, 0.15) is 33.1 Å². The second kappa shape index (κ2) is 8.93. The third kappa shape index (κ3) is 5.41. The van der Waals surface area contributed by atoms with Crippen LogP contribution in [0, 0.1) is 0 Å². The summed E-state index contributed by atoms with van der Waals surface area (Å²) in [5.41, 5.74) is 0. The molecule has 0 aromatic carbocycles. The number of nitrogens with zero attached hydrogens (tertiary/aromatic N) is 4. The number of hydrogen-bond donors (Lipinski definition) is 1. The van der Waals surface area contributed by atoms with Gasteiger partial charge in [0.15, 0.2) is 0 Å². The Kier molecular flexibility index (Phi) is 6.92. The van der Waals surface area contributed by atoms with Gasteiger partial charge in [-0.3, -0.25) is 14.5 Å². The van der Waals surface area contributed by atoms with Gasteiger partial charge in [-0.25, -0.2) is 0 Å². The Bertz CT molecular complexity index is 563. The van der Waals surface area contributed by atoms with Gasteiger partial charge in [0, 0.05) is 33.2 Å². The van der Waals surface area contributed by atoms with E-state index in [0.29, 0.717) is 36.4 Å². The molecule has 24 heavy (non-hydrogen) atoms. The highest BCUT2D eigenvalue weighted by molar-refractivity contribution is 7.19. The molecule has 0 saturated carbocycles. The highest BCUT2D eigenvalue weighted by Gasteiger charge is 2.25. The van der Waals surface area contributed by atoms with Crippen molar-refractivity contribution in [3.8, 4) is 0 Å². The second-order valence-electron chi connectivity index (χ2n) is 6.00. The van der Waals surface area contributed by atoms with E-state index in [1.54, 1.807) is 16.8 Å². The molecule has 1 fully saturated rings. The maximum absolute atomic E-state index is 11.9. The Labute approximate surface area is 146 Å². The Morgan fingerprint density at radius 2 is 2.25 bits per heavy atom. The molecule has 1 aliphatic rings. The van der Waals surface area contributed by atoms with Crippen molar-refractivity contribution < 1.29 is 14.3 Å². The van der Waals surface area contributed by atoms with Gasteiger partial charge in [-0.05, 0) is 26.7 Å². The zero-order chi connectivity index (χ0) is 17.5. The number of rotatable bonds is 9. The number of nitrogens with one attached hydrogen (secondary N) is 1. The summed E-state index contributed by atoms with van der Waals surface area (Å²) in [5, 5.41) is 12.2. The summed E-state index contributed by atoms with van der Waals surface area (Å²) in [5.74, 6) is 0.0118. The average Bonchev–Trinajstić information content (AvgIpc) is 3.15. The van der Waals surface area contributed by atoms with Crippen LogP contribution in [0.4, 0.5) is 10.3 Å². The third-order valence-corrected chi connectivity index (χ3v) is 4.57. The van der Waals surface area contributed by atoms with Crippen LogP contribution in [0.5, 0.6) is 0 Å². The van der Waals surface area contributed by atoms with Crippen molar-refractivity contribution in [3.05, 3.63) is 0 Å². The lowest BCUT2D eigenvalue weighted by molar-refractivity contribution is -0.120. The normalized spacial score (nSPS) is 14.5. The van der Waals surface area contributed by atoms with Crippen molar-refractivity contribution in [2.75, 3.05) is 43.1 Å². The van der Waals surface area contributed by atoms with Gasteiger partial charge < -0.3 is 15.0 Å². The summed E-state index contributed by atoms with van der Waals surface area (Å²) in [6.45, 7) is 6.09. The van der Waals surface area contributed by atoms with Crippen molar-refractivity contribution in [3.63, 3.8) is 0 Å². The van der Waals surface area contributed by atoms with Crippen LogP contribution in [0.2, 0.25) is 0 Å². The number of carbonyl (C=O) groups is 2. The number of ether oxygens (including phenoxy) is 1. The van der Waals surface area contributed by atoms with E-state index in [1.807, 2.05) is 13.8 Å². The average molecular weight is 355 g/mol.